The molecule has 2 atom stereocenters. The quantitative estimate of drug-likeness (QED) is 0.874. The molecule has 3 nitrogen and oxygen atoms in total. The van der Waals surface area contributed by atoms with Gasteiger partial charge in [0.05, 0.1) is 16.1 Å². The molecule has 18 heavy (non-hydrogen) atoms. The molecule has 0 heterocycles. The first kappa shape index (κ1) is 15.3. The second-order valence-corrected chi connectivity index (χ2v) is 4.93. The van der Waals surface area contributed by atoms with Gasteiger partial charge in [0.1, 0.15) is 0 Å². The normalized spacial score (nSPS) is 14.1. The van der Waals surface area contributed by atoms with Crippen molar-refractivity contribution < 1.29 is 4.79 Å². The molecule has 0 spiro atoms. The van der Waals surface area contributed by atoms with E-state index in [-0.39, 0.29) is 18.0 Å². The molecule has 0 aliphatic rings. The first-order chi connectivity index (χ1) is 8.47. The Bertz CT molecular complexity index is 423. The van der Waals surface area contributed by atoms with Crippen LogP contribution in [0.15, 0.2) is 18.2 Å². The highest BCUT2D eigenvalue weighted by atomic mass is 35.5. The number of likely N-dealkylation sites (N-methyl/N-ethyl adjacent to an activating group) is 1. The van der Waals surface area contributed by atoms with Crippen molar-refractivity contribution in [1.82, 2.24) is 10.6 Å². The molecule has 5 heteroatoms. The van der Waals surface area contributed by atoms with E-state index >= 15 is 0 Å². The number of hydrogen-bond donors (Lipinski definition) is 2. The summed E-state index contributed by atoms with van der Waals surface area (Å²) in [4.78, 5) is 11.6. The van der Waals surface area contributed by atoms with Crippen LogP contribution in [0.3, 0.4) is 0 Å². The standard InChI is InChI=1S/C13H18Cl2N2O/c1-4-16-13(18)9(3)17-8(2)10-6-5-7-11(14)12(10)15/h5-9,17H,4H2,1-3H3,(H,16,18). The summed E-state index contributed by atoms with van der Waals surface area (Å²) in [5.41, 5.74) is 0.889. The van der Waals surface area contributed by atoms with Gasteiger partial charge < -0.3 is 5.32 Å². The molecule has 0 bridgehead atoms. The molecule has 1 rings (SSSR count). The zero-order chi connectivity index (χ0) is 13.7. The zero-order valence-electron chi connectivity index (χ0n) is 10.8. The number of halogens is 2. The third-order valence-corrected chi connectivity index (χ3v) is 3.53. The van der Waals surface area contributed by atoms with Crippen molar-refractivity contribution in [2.24, 2.45) is 0 Å². The van der Waals surface area contributed by atoms with Crippen LogP contribution in [0.5, 0.6) is 0 Å². The summed E-state index contributed by atoms with van der Waals surface area (Å²) < 4.78 is 0. The largest absolute Gasteiger partial charge is 0.355 e. The average Bonchev–Trinajstić information content (AvgIpc) is 2.32. The van der Waals surface area contributed by atoms with E-state index in [1.807, 2.05) is 32.9 Å². The van der Waals surface area contributed by atoms with Crippen molar-refractivity contribution in [2.75, 3.05) is 6.54 Å². The van der Waals surface area contributed by atoms with Crippen molar-refractivity contribution in [2.45, 2.75) is 32.9 Å². The van der Waals surface area contributed by atoms with Crippen molar-refractivity contribution >= 4 is 29.1 Å². The lowest BCUT2D eigenvalue weighted by molar-refractivity contribution is -0.122. The summed E-state index contributed by atoms with van der Waals surface area (Å²) in [6.45, 7) is 6.28. The van der Waals surface area contributed by atoms with Gasteiger partial charge >= 0.3 is 0 Å². The summed E-state index contributed by atoms with van der Waals surface area (Å²) in [5.74, 6) is -0.0255. The number of carbonyl (C=O) groups is 1. The third kappa shape index (κ3) is 3.87. The number of rotatable bonds is 5. The number of nitrogens with one attached hydrogen (secondary N) is 2. The fourth-order valence-electron chi connectivity index (χ4n) is 1.72. The Labute approximate surface area is 118 Å². The monoisotopic (exact) mass is 288 g/mol. The summed E-state index contributed by atoms with van der Waals surface area (Å²) in [6.07, 6.45) is 0. The molecule has 2 unspecified atom stereocenters. The van der Waals surface area contributed by atoms with Gasteiger partial charge in [-0.25, -0.2) is 0 Å². The van der Waals surface area contributed by atoms with Crippen LogP contribution in [0.25, 0.3) is 0 Å². The molecular weight excluding hydrogens is 271 g/mol. The summed E-state index contributed by atoms with van der Waals surface area (Å²) >= 11 is 12.1. The lowest BCUT2D eigenvalue weighted by Gasteiger charge is -2.20. The minimum absolute atomic E-state index is 0.0255. The van der Waals surface area contributed by atoms with Gasteiger partial charge in [-0.15, -0.1) is 0 Å². The van der Waals surface area contributed by atoms with Crippen LogP contribution in [-0.4, -0.2) is 18.5 Å². The predicted octanol–water partition coefficient (Wildman–Crippen LogP) is 3.17. The van der Waals surface area contributed by atoms with Crippen LogP contribution in [0.4, 0.5) is 0 Å². The number of carbonyl (C=O) groups excluding carboxylic acids is 1. The molecule has 1 aromatic rings. The molecule has 1 amide bonds. The highest BCUT2D eigenvalue weighted by Crippen LogP contribution is 2.29. The zero-order valence-corrected chi connectivity index (χ0v) is 12.3. The van der Waals surface area contributed by atoms with Crippen molar-refractivity contribution in [3.63, 3.8) is 0 Å². The molecule has 2 N–H and O–H groups in total. The van der Waals surface area contributed by atoms with Crippen LogP contribution in [0.1, 0.15) is 32.4 Å². The third-order valence-electron chi connectivity index (χ3n) is 2.69. The number of benzene rings is 1. The van der Waals surface area contributed by atoms with Crippen LogP contribution in [0, 0.1) is 0 Å². The summed E-state index contributed by atoms with van der Waals surface area (Å²) in [7, 11) is 0. The molecule has 0 saturated carbocycles. The van der Waals surface area contributed by atoms with Gasteiger partial charge in [-0.3, -0.25) is 10.1 Å². The van der Waals surface area contributed by atoms with E-state index in [2.05, 4.69) is 10.6 Å². The first-order valence-electron chi connectivity index (χ1n) is 5.95. The van der Waals surface area contributed by atoms with Gasteiger partial charge in [0, 0.05) is 12.6 Å². The highest BCUT2D eigenvalue weighted by molar-refractivity contribution is 6.42. The van der Waals surface area contributed by atoms with Gasteiger partial charge in [0.15, 0.2) is 0 Å². The second kappa shape index (κ2) is 6.98. The molecule has 0 fully saturated rings. The Morgan fingerprint density at radius 2 is 2.00 bits per heavy atom. The molecule has 1 aromatic carbocycles. The molecule has 0 aliphatic heterocycles. The van der Waals surface area contributed by atoms with Crippen LogP contribution >= 0.6 is 23.2 Å². The Morgan fingerprint density at radius 1 is 1.33 bits per heavy atom. The molecule has 0 aromatic heterocycles. The van der Waals surface area contributed by atoms with E-state index in [1.54, 1.807) is 6.07 Å². The second-order valence-electron chi connectivity index (χ2n) is 4.15. The maximum atomic E-state index is 11.6. The van der Waals surface area contributed by atoms with Gasteiger partial charge in [-0.2, -0.15) is 0 Å². The van der Waals surface area contributed by atoms with E-state index in [0.29, 0.717) is 16.6 Å². The average molecular weight is 289 g/mol. The molecule has 0 saturated heterocycles. The lowest BCUT2D eigenvalue weighted by Crippen LogP contribution is -2.43. The van der Waals surface area contributed by atoms with Gasteiger partial charge in [0.25, 0.3) is 0 Å². The molecule has 0 aliphatic carbocycles. The topological polar surface area (TPSA) is 41.1 Å². The maximum Gasteiger partial charge on any atom is 0.236 e. The van der Waals surface area contributed by atoms with Crippen molar-refractivity contribution in [3.05, 3.63) is 33.8 Å². The van der Waals surface area contributed by atoms with E-state index in [1.165, 1.54) is 0 Å². The smallest absolute Gasteiger partial charge is 0.236 e. The van der Waals surface area contributed by atoms with Crippen LogP contribution in [-0.2, 0) is 4.79 Å². The highest BCUT2D eigenvalue weighted by Gasteiger charge is 2.17. The van der Waals surface area contributed by atoms with E-state index in [9.17, 15) is 4.79 Å². The first-order valence-corrected chi connectivity index (χ1v) is 6.70. The fraction of sp³-hybridized carbons (Fsp3) is 0.462. The molecule has 0 radical (unpaired) electrons. The van der Waals surface area contributed by atoms with E-state index in [0.717, 1.165) is 5.56 Å². The fourth-order valence-corrected chi connectivity index (χ4v) is 2.19. The van der Waals surface area contributed by atoms with Gasteiger partial charge in [-0.1, -0.05) is 35.3 Å². The van der Waals surface area contributed by atoms with Crippen LogP contribution in [0.2, 0.25) is 10.0 Å². The van der Waals surface area contributed by atoms with Crippen molar-refractivity contribution in [1.29, 1.82) is 0 Å². The maximum absolute atomic E-state index is 11.6. The van der Waals surface area contributed by atoms with E-state index in [4.69, 9.17) is 23.2 Å². The van der Waals surface area contributed by atoms with Crippen molar-refractivity contribution in [3.8, 4) is 0 Å². The molecular formula is C13H18Cl2N2O. The van der Waals surface area contributed by atoms with Gasteiger partial charge in [-0.05, 0) is 32.4 Å². The van der Waals surface area contributed by atoms with Gasteiger partial charge in [0.2, 0.25) is 5.91 Å². The Hall–Kier alpha value is -0.770. The SMILES string of the molecule is CCNC(=O)C(C)NC(C)c1cccc(Cl)c1Cl. The number of hydrogen-bond acceptors (Lipinski definition) is 2. The Kier molecular flexibility index (Phi) is 5.93. The lowest BCUT2D eigenvalue weighted by atomic mass is 10.1. The molecule has 100 valence electrons. The minimum atomic E-state index is -0.282. The van der Waals surface area contributed by atoms with E-state index < -0.39 is 0 Å². The summed E-state index contributed by atoms with van der Waals surface area (Å²) in [5, 5.41) is 7.01. The Balaban J connectivity index is 2.73. The minimum Gasteiger partial charge on any atom is -0.355 e. The number of amides is 1. The van der Waals surface area contributed by atoms with Crippen LogP contribution < -0.4 is 10.6 Å². The predicted molar refractivity (Wildman–Crippen MR) is 76.2 cm³/mol. The Morgan fingerprint density at radius 3 is 2.61 bits per heavy atom. The summed E-state index contributed by atoms with van der Waals surface area (Å²) in [6, 6.07) is 5.16.